The van der Waals surface area contributed by atoms with Crippen LogP contribution in [0, 0.1) is 5.92 Å². The highest BCUT2D eigenvalue weighted by Crippen LogP contribution is 2.39. The molecule has 3 heterocycles. The predicted octanol–water partition coefficient (Wildman–Crippen LogP) is 4.45. The van der Waals surface area contributed by atoms with Gasteiger partial charge in [-0.25, -0.2) is 9.97 Å². The summed E-state index contributed by atoms with van der Waals surface area (Å²) in [4.78, 5) is 24.6. The molecule has 0 radical (unpaired) electrons. The number of nitrogens with zero attached hydrogens (tertiary/aromatic N) is 3. The fourth-order valence-electron chi connectivity index (χ4n) is 4.72. The first-order valence-corrected chi connectivity index (χ1v) is 12.1. The van der Waals surface area contributed by atoms with Gasteiger partial charge in [0.2, 0.25) is 11.9 Å². The van der Waals surface area contributed by atoms with E-state index in [1.807, 2.05) is 41.3 Å². The Kier molecular flexibility index (Phi) is 6.74. The fraction of sp³-hybridized carbons (Fsp3) is 0.346. The Balaban J connectivity index is 1.50. The van der Waals surface area contributed by atoms with Crippen molar-refractivity contribution in [3.05, 3.63) is 53.2 Å². The summed E-state index contributed by atoms with van der Waals surface area (Å²) in [6.07, 6.45) is 4.07. The maximum atomic E-state index is 13.4. The lowest BCUT2D eigenvalue weighted by atomic mass is 9.97. The highest BCUT2D eigenvalue weighted by molar-refractivity contribution is 6.31. The minimum absolute atomic E-state index is 0.0370. The molecular weight excluding hydrogens is 466 g/mol. The van der Waals surface area contributed by atoms with Crippen molar-refractivity contribution in [2.75, 3.05) is 44.1 Å². The Morgan fingerprint density at radius 2 is 1.91 bits per heavy atom. The first-order chi connectivity index (χ1) is 17.1. The third-order valence-corrected chi connectivity index (χ3v) is 6.79. The van der Waals surface area contributed by atoms with E-state index in [-0.39, 0.29) is 12.3 Å². The number of carbonyl (C=O) groups excluding carboxylic acids is 1. The molecule has 2 N–H and O–H groups in total. The van der Waals surface area contributed by atoms with E-state index in [0.29, 0.717) is 34.9 Å². The van der Waals surface area contributed by atoms with Crippen molar-refractivity contribution in [3.8, 4) is 22.8 Å². The van der Waals surface area contributed by atoms with Crippen LogP contribution in [0.15, 0.2) is 42.6 Å². The van der Waals surface area contributed by atoms with E-state index in [2.05, 4.69) is 15.6 Å². The van der Waals surface area contributed by atoms with Gasteiger partial charge in [0.05, 0.1) is 32.0 Å². The van der Waals surface area contributed by atoms with E-state index in [0.717, 1.165) is 54.1 Å². The molecule has 1 saturated heterocycles. The van der Waals surface area contributed by atoms with Crippen LogP contribution in [0.5, 0.6) is 11.5 Å². The molecule has 2 aromatic carbocycles. The zero-order chi connectivity index (χ0) is 24.4. The Morgan fingerprint density at radius 3 is 2.69 bits per heavy atom. The van der Waals surface area contributed by atoms with Crippen molar-refractivity contribution >= 4 is 34.8 Å². The zero-order valence-electron chi connectivity index (χ0n) is 19.8. The van der Waals surface area contributed by atoms with E-state index in [1.165, 1.54) is 0 Å². The second kappa shape index (κ2) is 10.1. The van der Waals surface area contributed by atoms with E-state index in [4.69, 9.17) is 26.1 Å². The molecule has 8 nitrogen and oxygen atoms in total. The molecule has 0 atom stereocenters. The Labute approximate surface area is 209 Å². The number of methoxy groups -OCH3 is 2. The minimum Gasteiger partial charge on any atom is -0.493 e. The highest BCUT2D eigenvalue weighted by Gasteiger charge is 2.30. The number of hydrogen-bond acceptors (Lipinski definition) is 7. The van der Waals surface area contributed by atoms with Gasteiger partial charge in [-0.1, -0.05) is 11.6 Å². The number of hydrogen-bond donors (Lipinski definition) is 2. The topological polar surface area (TPSA) is 88.6 Å². The standard InChI is InChI=1S/C26H28ClN5O3/c1-34-22-6-4-19(13-23(22)35-2)30-26-29-14-17-11-24(33)32(15-16-7-9-28-10-8-16)21-12-18(27)3-5-20(21)25(17)31-26/h3-6,12-14,16,28H,7-11,15H2,1-2H3,(H,29,30,31). The fourth-order valence-corrected chi connectivity index (χ4v) is 4.88. The first-order valence-electron chi connectivity index (χ1n) is 11.7. The first kappa shape index (κ1) is 23.4. The van der Waals surface area contributed by atoms with Crippen LogP contribution >= 0.6 is 11.6 Å². The molecule has 1 fully saturated rings. The number of aromatic nitrogens is 2. The molecule has 1 aromatic heterocycles. The lowest BCUT2D eigenvalue weighted by Crippen LogP contribution is -2.39. The number of piperidine rings is 1. The van der Waals surface area contributed by atoms with Gasteiger partial charge in [0.1, 0.15) is 0 Å². The third-order valence-electron chi connectivity index (χ3n) is 6.55. The van der Waals surface area contributed by atoms with Gasteiger partial charge in [-0.15, -0.1) is 0 Å². The normalized spacial score (nSPS) is 15.7. The molecule has 35 heavy (non-hydrogen) atoms. The summed E-state index contributed by atoms with van der Waals surface area (Å²) in [5, 5.41) is 7.23. The van der Waals surface area contributed by atoms with Crippen molar-refractivity contribution in [2.24, 2.45) is 5.92 Å². The third kappa shape index (κ3) is 4.90. The molecule has 9 heteroatoms. The van der Waals surface area contributed by atoms with Crippen LogP contribution < -0.4 is 25.0 Å². The smallest absolute Gasteiger partial charge is 0.231 e. The largest absolute Gasteiger partial charge is 0.493 e. The number of benzene rings is 2. The molecular formula is C26H28ClN5O3. The van der Waals surface area contributed by atoms with Crippen LogP contribution in [0.25, 0.3) is 11.3 Å². The molecule has 2 aliphatic rings. The number of rotatable bonds is 6. The number of ether oxygens (including phenoxy) is 2. The molecule has 0 aliphatic carbocycles. The molecule has 3 aromatic rings. The van der Waals surface area contributed by atoms with Gasteiger partial charge in [-0.3, -0.25) is 4.79 Å². The second-order valence-electron chi connectivity index (χ2n) is 8.80. The average molecular weight is 494 g/mol. The monoisotopic (exact) mass is 493 g/mol. The average Bonchev–Trinajstić information content (AvgIpc) is 2.98. The summed E-state index contributed by atoms with van der Waals surface area (Å²) in [5.41, 5.74) is 3.97. The number of carbonyl (C=O) groups is 1. The summed E-state index contributed by atoms with van der Waals surface area (Å²) in [6.45, 7) is 2.63. The van der Waals surface area contributed by atoms with Crippen LogP contribution in [-0.2, 0) is 11.2 Å². The van der Waals surface area contributed by atoms with Gasteiger partial charge in [0.25, 0.3) is 0 Å². The molecule has 0 bridgehead atoms. The maximum absolute atomic E-state index is 13.4. The van der Waals surface area contributed by atoms with Gasteiger partial charge in [0, 0.05) is 40.6 Å². The van der Waals surface area contributed by atoms with Crippen LogP contribution in [-0.4, -0.2) is 49.7 Å². The Bertz CT molecular complexity index is 1250. The van der Waals surface area contributed by atoms with Crippen molar-refractivity contribution in [1.29, 1.82) is 0 Å². The summed E-state index contributed by atoms with van der Waals surface area (Å²) >= 11 is 6.39. The van der Waals surface area contributed by atoms with Gasteiger partial charge in [-0.05, 0) is 62.2 Å². The SMILES string of the molecule is COc1ccc(Nc2ncc3c(n2)-c2ccc(Cl)cc2N(CC2CCNCC2)C(=O)C3)cc1OC. The Morgan fingerprint density at radius 1 is 1.11 bits per heavy atom. The molecule has 0 saturated carbocycles. The number of fused-ring (bicyclic) bond motifs is 3. The van der Waals surface area contributed by atoms with Crippen molar-refractivity contribution in [1.82, 2.24) is 15.3 Å². The van der Waals surface area contributed by atoms with Crippen LogP contribution in [0.1, 0.15) is 18.4 Å². The van der Waals surface area contributed by atoms with Crippen LogP contribution in [0.2, 0.25) is 5.02 Å². The highest BCUT2D eigenvalue weighted by atomic mass is 35.5. The number of nitrogens with one attached hydrogen (secondary N) is 2. The van der Waals surface area contributed by atoms with Crippen molar-refractivity contribution in [3.63, 3.8) is 0 Å². The van der Waals surface area contributed by atoms with Gasteiger partial charge in [-0.2, -0.15) is 0 Å². The summed E-state index contributed by atoms with van der Waals surface area (Å²) in [7, 11) is 3.19. The van der Waals surface area contributed by atoms with E-state index >= 15 is 0 Å². The Hall–Kier alpha value is -3.36. The zero-order valence-corrected chi connectivity index (χ0v) is 20.6. The number of anilines is 3. The summed E-state index contributed by atoms with van der Waals surface area (Å²) in [5.74, 6) is 2.15. The summed E-state index contributed by atoms with van der Waals surface area (Å²) in [6, 6.07) is 11.2. The molecule has 2 aliphatic heterocycles. The van der Waals surface area contributed by atoms with Gasteiger partial charge in [0.15, 0.2) is 11.5 Å². The minimum atomic E-state index is 0.0370. The van der Waals surface area contributed by atoms with Crippen LogP contribution in [0.4, 0.5) is 17.3 Å². The maximum Gasteiger partial charge on any atom is 0.231 e. The molecule has 5 rings (SSSR count). The summed E-state index contributed by atoms with van der Waals surface area (Å²) < 4.78 is 10.7. The van der Waals surface area contributed by atoms with Crippen molar-refractivity contribution in [2.45, 2.75) is 19.3 Å². The quantitative estimate of drug-likeness (QED) is 0.524. The molecule has 1 amide bonds. The van der Waals surface area contributed by atoms with Crippen LogP contribution in [0.3, 0.4) is 0 Å². The predicted molar refractivity (Wildman–Crippen MR) is 137 cm³/mol. The van der Waals surface area contributed by atoms with Gasteiger partial charge >= 0.3 is 0 Å². The van der Waals surface area contributed by atoms with Gasteiger partial charge < -0.3 is 25.0 Å². The molecule has 182 valence electrons. The van der Waals surface area contributed by atoms with Crippen molar-refractivity contribution < 1.29 is 14.3 Å². The van der Waals surface area contributed by atoms with E-state index in [9.17, 15) is 4.79 Å². The molecule has 0 unspecified atom stereocenters. The van der Waals surface area contributed by atoms with E-state index in [1.54, 1.807) is 20.4 Å². The number of amides is 1. The van der Waals surface area contributed by atoms with E-state index < -0.39 is 0 Å². The lowest BCUT2D eigenvalue weighted by Gasteiger charge is -2.30. The lowest BCUT2D eigenvalue weighted by molar-refractivity contribution is -0.118. The second-order valence-corrected chi connectivity index (χ2v) is 9.23. The molecule has 0 spiro atoms. The number of halogens is 1.